The van der Waals surface area contributed by atoms with Gasteiger partial charge in [0.25, 0.3) is 0 Å². The predicted octanol–water partition coefficient (Wildman–Crippen LogP) is 2.47. The van der Waals surface area contributed by atoms with Gasteiger partial charge in [-0.3, -0.25) is 5.32 Å². The second-order valence-corrected chi connectivity index (χ2v) is 4.39. The Morgan fingerprint density at radius 2 is 2.13 bits per heavy atom. The number of ether oxygens (including phenoxy) is 1. The van der Waals surface area contributed by atoms with Gasteiger partial charge in [0.1, 0.15) is 5.54 Å². The molecule has 0 aliphatic heterocycles. The lowest BCUT2D eigenvalue weighted by Gasteiger charge is -2.23. The van der Waals surface area contributed by atoms with Crippen LogP contribution >= 0.6 is 0 Å². The first-order valence-corrected chi connectivity index (χ1v) is 5.82. The quantitative estimate of drug-likeness (QED) is 0.629. The summed E-state index contributed by atoms with van der Waals surface area (Å²) in [6.07, 6.45) is 3.11. The zero-order valence-corrected chi connectivity index (χ0v) is 10.5. The number of nitriles is 1. The van der Waals surface area contributed by atoms with Gasteiger partial charge < -0.3 is 4.74 Å². The number of hydrogen-bond donors (Lipinski definition) is 1. The second-order valence-electron chi connectivity index (χ2n) is 4.39. The van der Waals surface area contributed by atoms with Crippen LogP contribution in [0.15, 0.2) is 0 Å². The molecule has 0 bridgehead atoms. The molecule has 0 rings (SSSR count). The number of rotatable bonds is 8. The molecule has 0 aliphatic carbocycles. The highest BCUT2D eigenvalue weighted by atomic mass is 16.5. The normalized spacial score (nSPS) is 14.9. The van der Waals surface area contributed by atoms with Crippen LogP contribution in [0.1, 0.15) is 47.0 Å². The monoisotopic (exact) mass is 212 g/mol. The summed E-state index contributed by atoms with van der Waals surface area (Å²) >= 11 is 0. The van der Waals surface area contributed by atoms with E-state index < -0.39 is 5.54 Å². The van der Waals surface area contributed by atoms with Gasteiger partial charge in [-0.05, 0) is 46.6 Å². The maximum Gasteiger partial charge on any atom is 0.104 e. The summed E-state index contributed by atoms with van der Waals surface area (Å²) in [6.45, 7) is 9.75. The third kappa shape index (κ3) is 7.35. The number of hydrogen-bond acceptors (Lipinski definition) is 3. The topological polar surface area (TPSA) is 45.0 Å². The molecule has 0 spiro atoms. The molecule has 1 unspecified atom stereocenters. The molecule has 3 nitrogen and oxygen atoms in total. The van der Waals surface area contributed by atoms with Crippen molar-refractivity contribution >= 4 is 0 Å². The lowest BCUT2D eigenvalue weighted by atomic mass is 9.98. The van der Waals surface area contributed by atoms with E-state index in [0.29, 0.717) is 0 Å². The third-order valence-electron chi connectivity index (χ3n) is 2.28. The maximum atomic E-state index is 9.07. The van der Waals surface area contributed by atoms with Crippen LogP contribution in [0.25, 0.3) is 0 Å². The Bertz CT molecular complexity index is 198. The lowest BCUT2D eigenvalue weighted by Crippen LogP contribution is -2.41. The lowest BCUT2D eigenvalue weighted by molar-refractivity contribution is 0.0733. The fraction of sp³-hybridized carbons (Fsp3) is 0.917. The summed E-state index contributed by atoms with van der Waals surface area (Å²) in [7, 11) is 0. The van der Waals surface area contributed by atoms with Crippen molar-refractivity contribution in [1.82, 2.24) is 5.32 Å². The van der Waals surface area contributed by atoms with Gasteiger partial charge in [0.15, 0.2) is 0 Å². The molecule has 15 heavy (non-hydrogen) atoms. The fourth-order valence-corrected chi connectivity index (χ4v) is 1.33. The zero-order valence-electron chi connectivity index (χ0n) is 10.5. The van der Waals surface area contributed by atoms with Crippen LogP contribution in [-0.2, 0) is 4.74 Å². The molecule has 88 valence electrons. The Balaban J connectivity index is 3.74. The van der Waals surface area contributed by atoms with Gasteiger partial charge in [0, 0.05) is 6.61 Å². The van der Waals surface area contributed by atoms with E-state index >= 15 is 0 Å². The van der Waals surface area contributed by atoms with E-state index in [-0.39, 0.29) is 6.10 Å². The van der Waals surface area contributed by atoms with Gasteiger partial charge in [-0.15, -0.1) is 0 Å². The minimum absolute atomic E-state index is 0.280. The number of nitrogens with one attached hydrogen (secondary N) is 1. The Morgan fingerprint density at radius 3 is 2.60 bits per heavy atom. The van der Waals surface area contributed by atoms with Gasteiger partial charge >= 0.3 is 0 Å². The molecule has 0 saturated heterocycles. The van der Waals surface area contributed by atoms with E-state index in [1.807, 2.05) is 20.8 Å². The van der Waals surface area contributed by atoms with Crippen molar-refractivity contribution in [3.8, 4) is 6.07 Å². The molecular formula is C12H24N2O. The van der Waals surface area contributed by atoms with E-state index in [1.165, 1.54) is 0 Å². The molecule has 0 saturated carbocycles. The molecule has 3 heteroatoms. The van der Waals surface area contributed by atoms with Crippen molar-refractivity contribution in [3.63, 3.8) is 0 Å². The Kier molecular flexibility index (Phi) is 7.37. The van der Waals surface area contributed by atoms with Gasteiger partial charge in [0.2, 0.25) is 0 Å². The highest BCUT2D eigenvalue weighted by Gasteiger charge is 2.21. The smallest absolute Gasteiger partial charge is 0.104 e. The van der Waals surface area contributed by atoms with Crippen molar-refractivity contribution in [2.45, 2.75) is 58.6 Å². The van der Waals surface area contributed by atoms with Crippen LogP contribution in [0.2, 0.25) is 0 Å². The molecule has 0 heterocycles. The average molecular weight is 212 g/mol. The summed E-state index contributed by atoms with van der Waals surface area (Å²) < 4.78 is 5.45. The predicted molar refractivity (Wildman–Crippen MR) is 62.6 cm³/mol. The molecule has 0 aromatic heterocycles. The van der Waals surface area contributed by atoms with Gasteiger partial charge in [-0.25, -0.2) is 0 Å². The molecule has 0 aromatic carbocycles. The van der Waals surface area contributed by atoms with E-state index in [0.717, 1.165) is 32.4 Å². The first kappa shape index (κ1) is 14.4. The van der Waals surface area contributed by atoms with Crippen molar-refractivity contribution in [3.05, 3.63) is 0 Å². The first-order valence-electron chi connectivity index (χ1n) is 5.82. The summed E-state index contributed by atoms with van der Waals surface area (Å²) in [6, 6.07) is 2.33. The van der Waals surface area contributed by atoms with Crippen molar-refractivity contribution in [2.24, 2.45) is 0 Å². The molecule has 1 atom stereocenters. The highest BCUT2D eigenvalue weighted by Crippen LogP contribution is 2.11. The van der Waals surface area contributed by atoms with Gasteiger partial charge in [0.05, 0.1) is 12.2 Å². The van der Waals surface area contributed by atoms with Crippen molar-refractivity contribution in [1.29, 1.82) is 5.26 Å². The number of nitrogens with zero attached hydrogens (tertiary/aromatic N) is 1. The third-order valence-corrected chi connectivity index (χ3v) is 2.28. The van der Waals surface area contributed by atoms with E-state index in [1.54, 1.807) is 0 Å². The zero-order chi connectivity index (χ0) is 11.7. The van der Waals surface area contributed by atoms with E-state index in [2.05, 4.69) is 18.3 Å². The van der Waals surface area contributed by atoms with Crippen LogP contribution < -0.4 is 5.32 Å². The molecule has 0 fully saturated rings. The van der Waals surface area contributed by atoms with Gasteiger partial charge in [-0.1, -0.05) is 6.92 Å². The molecule has 0 radical (unpaired) electrons. The van der Waals surface area contributed by atoms with Crippen LogP contribution in [0, 0.1) is 11.3 Å². The Hall–Kier alpha value is -0.590. The Morgan fingerprint density at radius 1 is 1.47 bits per heavy atom. The molecular weight excluding hydrogens is 188 g/mol. The minimum atomic E-state index is -0.393. The first-order chi connectivity index (χ1) is 7.04. The maximum absolute atomic E-state index is 9.07. The second kappa shape index (κ2) is 7.67. The average Bonchev–Trinajstić information content (AvgIpc) is 2.21. The van der Waals surface area contributed by atoms with E-state index in [4.69, 9.17) is 10.00 Å². The molecule has 0 aromatic rings. The molecule has 0 amide bonds. The SMILES string of the molecule is CCCNC(C)(C#N)CCCOC(C)C. The van der Waals surface area contributed by atoms with Crippen LogP contribution in [0.5, 0.6) is 0 Å². The highest BCUT2D eigenvalue weighted by molar-refractivity contribution is 5.03. The van der Waals surface area contributed by atoms with Crippen molar-refractivity contribution < 1.29 is 4.74 Å². The fourth-order valence-electron chi connectivity index (χ4n) is 1.33. The summed E-state index contributed by atoms with van der Waals surface area (Å²) in [5.41, 5.74) is -0.393. The summed E-state index contributed by atoms with van der Waals surface area (Å²) in [5, 5.41) is 12.3. The van der Waals surface area contributed by atoms with Crippen LogP contribution in [-0.4, -0.2) is 24.8 Å². The van der Waals surface area contributed by atoms with Crippen LogP contribution in [0.4, 0.5) is 0 Å². The largest absolute Gasteiger partial charge is 0.379 e. The molecule has 1 N–H and O–H groups in total. The minimum Gasteiger partial charge on any atom is -0.379 e. The van der Waals surface area contributed by atoms with Gasteiger partial charge in [-0.2, -0.15) is 5.26 Å². The van der Waals surface area contributed by atoms with E-state index in [9.17, 15) is 0 Å². The summed E-state index contributed by atoms with van der Waals surface area (Å²) in [5.74, 6) is 0. The standard InChI is InChI=1S/C12H24N2O/c1-5-8-14-12(4,10-13)7-6-9-15-11(2)3/h11,14H,5-9H2,1-4H3. The molecule has 0 aliphatic rings. The Labute approximate surface area is 93.8 Å². The van der Waals surface area contributed by atoms with Crippen LogP contribution in [0.3, 0.4) is 0 Å². The summed E-state index contributed by atoms with van der Waals surface area (Å²) in [4.78, 5) is 0. The van der Waals surface area contributed by atoms with Crippen molar-refractivity contribution in [2.75, 3.05) is 13.2 Å².